The Labute approximate surface area is 194 Å². The lowest BCUT2D eigenvalue weighted by atomic mass is 9.96. The quantitative estimate of drug-likeness (QED) is 0.631. The summed E-state index contributed by atoms with van der Waals surface area (Å²) in [4.78, 5) is 20.8. The minimum Gasteiger partial charge on any atom is -0.492 e. The molecule has 5 rings (SSSR count). The normalized spacial score (nSPS) is 17.8. The van der Waals surface area contributed by atoms with Gasteiger partial charge in [0.1, 0.15) is 18.2 Å². The number of ether oxygens (including phenoxy) is 1. The number of benzene rings is 1. The highest BCUT2D eigenvalue weighted by Gasteiger charge is 2.23. The fraction of sp³-hybridized carbons (Fsp3) is 0.385. The molecule has 2 aliphatic rings. The number of likely N-dealkylation sites (tertiary alicyclic amines) is 1. The first-order valence-corrected chi connectivity index (χ1v) is 11.7. The third-order valence-electron chi connectivity index (χ3n) is 6.69. The highest BCUT2D eigenvalue weighted by molar-refractivity contribution is 5.76. The lowest BCUT2D eigenvalue weighted by Crippen LogP contribution is -2.38. The van der Waals surface area contributed by atoms with E-state index in [0.717, 1.165) is 63.7 Å². The van der Waals surface area contributed by atoms with Crippen LogP contribution in [0.15, 0.2) is 60.9 Å². The van der Waals surface area contributed by atoms with E-state index in [1.54, 1.807) is 0 Å². The van der Waals surface area contributed by atoms with Gasteiger partial charge in [-0.25, -0.2) is 4.98 Å². The fourth-order valence-corrected chi connectivity index (χ4v) is 4.86. The molecule has 0 radical (unpaired) electrons. The third kappa shape index (κ3) is 5.10. The van der Waals surface area contributed by atoms with Gasteiger partial charge in [0.25, 0.3) is 0 Å². The smallest absolute Gasteiger partial charge is 0.220 e. The van der Waals surface area contributed by atoms with Crippen molar-refractivity contribution in [3.8, 4) is 11.6 Å². The van der Waals surface area contributed by atoms with Crippen molar-refractivity contribution in [3.05, 3.63) is 77.7 Å². The number of pyridine rings is 1. The second kappa shape index (κ2) is 9.77. The van der Waals surface area contributed by atoms with E-state index < -0.39 is 0 Å². The first-order valence-electron chi connectivity index (χ1n) is 11.7. The Morgan fingerprint density at radius 2 is 1.91 bits per heavy atom. The van der Waals surface area contributed by atoms with E-state index in [4.69, 9.17) is 10.5 Å². The van der Waals surface area contributed by atoms with Crippen molar-refractivity contribution in [1.29, 1.82) is 0 Å². The zero-order chi connectivity index (χ0) is 22.6. The molecular formula is C26H31N5O2. The summed E-state index contributed by atoms with van der Waals surface area (Å²) in [5, 5.41) is 0. The van der Waals surface area contributed by atoms with E-state index in [9.17, 15) is 4.79 Å². The van der Waals surface area contributed by atoms with Crippen molar-refractivity contribution in [2.45, 2.75) is 32.5 Å². The van der Waals surface area contributed by atoms with Crippen LogP contribution in [0.3, 0.4) is 0 Å². The maximum atomic E-state index is 11.4. The van der Waals surface area contributed by atoms with Crippen LogP contribution in [0.25, 0.3) is 5.82 Å². The second-order valence-electron chi connectivity index (χ2n) is 9.01. The lowest BCUT2D eigenvalue weighted by molar-refractivity contribution is -0.123. The average molecular weight is 446 g/mol. The average Bonchev–Trinajstić information content (AvgIpc) is 3.19. The highest BCUT2D eigenvalue weighted by Crippen LogP contribution is 2.27. The molecule has 1 amide bonds. The van der Waals surface area contributed by atoms with Crippen molar-refractivity contribution >= 4 is 5.91 Å². The maximum Gasteiger partial charge on any atom is 0.220 e. The van der Waals surface area contributed by atoms with Gasteiger partial charge in [0.05, 0.1) is 0 Å². The minimum atomic E-state index is -0.161. The minimum absolute atomic E-state index is 0.0280. The lowest BCUT2D eigenvalue weighted by Gasteiger charge is -2.30. The number of nitrogens with zero attached hydrogens (tertiary/aromatic N) is 4. The Kier molecular flexibility index (Phi) is 6.41. The highest BCUT2D eigenvalue weighted by atomic mass is 16.5. The molecular weight excluding hydrogens is 414 g/mol. The Hall–Kier alpha value is -3.16. The molecule has 0 saturated carbocycles. The van der Waals surface area contributed by atoms with Gasteiger partial charge < -0.3 is 15.0 Å². The molecule has 2 aromatic heterocycles. The number of aromatic nitrogens is 2. The molecule has 1 aromatic carbocycles. The van der Waals surface area contributed by atoms with Crippen molar-refractivity contribution < 1.29 is 9.53 Å². The Balaban J connectivity index is 1.26. The standard InChI is InChI=1S/C26H31N5O2/c27-26(32)21-8-12-29(13-9-21)17-20-6-7-24-22(16-20)18-30(14-15-33-24)19-23-4-3-11-31(23)25-5-1-2-10-28-25/h1-7,10-11,16,21H,8-9,12-15,17-19H2,(H2,27,32). The molecule has 0 bridgehead atoms. The number of hydrogen-bond acceptors (Lipinski definition) is 5. The molecule has 172 valence electrons. The van der Waals surface area contributed by atoms with Crippen LogP contribution in [-0.4, -0.2) is 51.5 Å². The summed E-state index contributed by atoms with van der Waals surface area (Å²) in [5.41, 5.74) is 9.21. The van der Waals surface area contributed by atoms with Crippen LogP contribution in [0.2, 0.25) is 0 Å². The van der Waals surface area contributed by atoms with E-state index in [1.165, 1.54) is 16.8 Å². The molecule has 2 N–H and O–H groups in total. The number of piperidine rings is 1. The summed E-state index contributed by atoms with van der Waals surface area (Å²) >= 11 is 0. The number of fused-ring (bicyclic) bond motifs is 1. The summed E-state index contributed by atoms with van der Waals surface area (Å²) in [7, 11) is 0. The molecule has 33 heavy (non-hydrogen) atoms. The van der Waals surface area contributed by atoms with Crippen LogP contribution in [0, 0.1) is 5.92 Å². The molecule has 2 aliphatic heterocycles. The van der Waals surface area contributed by atoms with Crippen LogP contribution in [0.4, 0.5) is 0 Å². The molecule has 1 saturated heterocycles. The van der Waals surface area contributed by atoms with E-state index in [-0.39, 0.29) is 11.8 Å². The number of hydrogen-bond donors (Lipinski definition) is 1. The number of carbonyl (C=O) groups excluding carboxylic acids is 1. The van der Waals surface area contributed by atoms with E-state index >= 15 is 0 Å². The Morgan fingerprint density at radius 1 is 1.03 bits per heavy atom. The largest absolute Gasteiger partial charge is 0.492 e. The summed E-state index contributed by atoms with van der Waals surface area (Å²) in [5.74, 6) is 1.78. The van der Waals surface area contributed by atoms with Gasteiger partial charge in [-0.3, -0.25) is 14.6 Å². The molecule has 4 heterocycles. The first kappa shape index (κ1) is 21.7. The van der Waals surface area contributed by atoms with E-state index in [0.29, 0.717) is 6.61 Å². The SMILES string of the molecule is NC(=O)C1CCN(Cc2ccc3c(c2)CN(Cc2cccn2-c2ccccn2)CCO3)CC1. The van der Waals surface area contributed by atoms with Gasteiger partial charge in [0.2, 0.25) is 5.91 Å². The van der Waals surface area contributed by atoms with Gasteiger partial charge in [0, 0.05) is 55.7 Å². The molecule has 0 atom stereocenters. The Bertz CT molecular complexity index is 1090. The van der Waals surface area contributed by atoms with E-state index in [1.807, 2.05) is 24.4 Å². The summed E-state index contributed by atoms with van der Waals surface area (Å²) in [6.07, 6.45) is 5.60. The molecule has 1 fully saturated rings. The number of carbonyl (C=O) groups is 1. The monoisotopic (exact) mass is 445 g/mol. The van der Waals surface area contributed by atoms with E-state index in [2.05, 4.69) is 55.9 Å². The fourth-order valence-electron chi connectivity index (χ4n) is 4.86. The van der Waals surface area contributed by atoms with Crippen LogP contribution in [0.5, 0.6) is 5.75 Å². The van der Waals surface area contributed by atoms with Crippen LogP contribution in [0.1, 0.15) is 29.7 Å². The molecule has 0 aliphatic carbocycles. The van der Waals surface area contributed by atoms with Gasteiger partial charge >= 0.3 is 0 Å². The van der Waals surface area contributed by atoms with Gasteiger partial charge in [-0.1, -0.05) is 12.1 Å². The van der Waals surface area contributed by atoms with Crippen molar-refractivity contribution in [2.24, 2.45) is 11.7 Å². The van der Waals surface area contributed by atoms with Gasteiger partial charge in [0.15, 0.2) is 0 Å². The second-order valence-corrected chi connectivity index (χ2v) is 9.01. The summed E-state index contributed by atoms with van der Waals surface area (Å²) < 4.78 is 8.22. The number of nitrogens with two attached hydrogens (primary N) is 1. The molecule has 7 nitrogen and oxygen atoms in total. The van der Waals surface area contributed by atoms with Gasteiger partial charge in [-0.15, -0.1) is 0 Å². The molecule has 0 spiro atoms. The molecule has 7 heteroatoms. The van der Waals surface area contributed by atoms with Crippen LogP contribution < -0.4 is 10.5 Å². The van der Waals surface area contributed by atoms with Crippen molar-refractivity contribution in [2.75, 3.05) is 26.2 Å². The molecule has 0 unspecified atom stereocenters. The van der Waals surface area contributed by atoms with Crippen LogP contribution in [-0.2, 0) is 24.4 Å². The first-order chi connectivity index (χ1) is 16.2. The third-order valence-corrected chi connectivity index (χ3v) is 6.69. The number of primary amides is 1. The number of rotatable bonds is 6. The zero-order valence-electron chi connectivity index (χ0n) is 18.9. The van der Waals surface area contributed by atoms with Gasteiger partial charge in [-0.2, -0.15) is 0 Å². The number of amides is 1. The summed E-state index contributed by atoms with van der Waals surface area (Å²) in [6.45, 7) is 5.95. The summed E-state index contributed by atoms with van der Waals surface area (Å²) in [6, 6.07) is 16.8. The van der Waals surface area contributed by atoms with Gasteiger partial charge in [-0.05, 0) is 67.9 Å². The van der Waals surface area contributed by atoms with Crippen LogP contribution >= 0.6 is 0 Å². The molecule has 3 aromatic rings. The Morgan fingerprint density at radius 3 is 2.70 bits per heavy atom. The van der Waals surface area contributed by atoms with Crippen molar-refractivity contribution in [1.82, 2.24) is 19.4 Å². The topological polar surface area (TPSA) is 76.6 Å². The predicted octanol–water partition coefficient (Wildman–Crippen LogP) is 2.96. The maximum absolute atomic E-state index is 11.4. The zero-order valence-corrected chi connectivity index (χ0v) is 18.9. The van der Waals surface area contributed by atoms with Crippen molar-refractivity contribution in [3.63, 3.8) is 0 Å². The predicted molar refractivity (Wildman–Crippen MR) is 127 cm³/mol.